The number of hydrogen-bond acceptors (Lipinski definition) is 4. The molecule has 0 N–H and O–H groups in total. The smallest absolute Gasteiger partial charge is 0.260 e. The monoisotopic (exact) mass is 368 g/mol. The highest BCUT2D eigenvalue weighted by Gasteiger charge is 2.24. The van der Waals surface area contributed by atoms with E-state index in [4.69, 9.17) is 9.47 Å². The number of para-hydroxylation sites is 1. The zero-order chi connectivity index (χ0) is 19.1. The maximum atomic E-state index is 12.5. The molecule has 6 nitrogen and oxygen atoms in total. The average Bonchev–Trinajstić information content (AvgIpc) is 2.73. The van der Waals surface area contributed by atoms with Crippen LogP contribution in [0.5, 0.6) is 5.75 Å². The predicted molar refractivity (Wildman–Crippen MR) is 102 cm³/mol. The van der Waals surface area contributed by atoms with Crippen LogP contribution in [-0.4, -0.2) is 68.1 Å². The van der Waals surface area contributed by atoms with E-state index in [1.54, 1.807) is 9.80 Å². The standard InChI is InChI=1S/C21H24N2O4/c1-26-15-20(24)22-11-13-23(14-12-22)21(25)16-27-19-10-6-5-9-18(19)17-7-3-2-4-8-17/h2-10H,11-16H2,1H3. The Kier molecular flexibility index (Phi) is 6.44. The molecule has 0 bridgehead atoms. The summed E-state index contributed by atoms with van der Waals surface area (Å²) >= 11 is 0. The van der Waals surface area contributed by atoms with Crippen molar-refractivity contribution in [2.45, 2.75) is 0 Å². The summed E-state index contributed by atoms with van der Waals surface area (Å²) < 4.78 is 10.7. The quantitative estimate of drug-likeness (QED) is 0.783. The summed E-state index contributed by atoms with van der Waals surface area (Å²) in [6, 6.07) is 17.6. The summed E-state index contributed by atoms with van der Waals surface area (Å²) in [7, 11) is 1.50. The van der Waals surface area contributed by atoms with Gasteiger partial charge in [-0.15, -0.1) is 0 Å². The Morgan fingerprint density at radius 1 is 0.815 bits per heavy atom. The summed E-state index contributed by atoms with van der Waals surface area (Å²) in [6.07, 6.45) is 0. The fourth-order valence-corrected chi connectivity index (χ4v) is 3.10. The maximum absolute atomic E-state index is 12.5. The molecule has 0 atom stereocenters. The molecule has 27 heavy (non-hydrogen) atoms. The lowest BCUT2D eigenvalue weighted by Crippen LogP contribution is -2.52. The minimum atomic E-state index is -0.0725. The van der Waals surface area contributed by atoms with E-state index in [2.05, 4.69) is 0 Å². The molecule has 1 saturated heterocycles. The first-order valence-electron chi connectivity index (χ1n) is 9.01. The Labute approximate surface area is 159 Å². The van der Waals surface area contributed by atoms with E-state index in [-0.39, 0.29) is 25.0 Å². The van der Waals surface area contributed by atoms with Gasteiger partial charge in [-0.05, 0) is 11.6 Å². The average molecular weight is 368 g/mol. The Balaban J connectivity index is 1.56. The van der Waals surface area contributed by atoms with E-state index in [1.807, 2.05) is 54.6 Å². The van der Waals surface area contributed by atoms with Gasteiger partial charge in [0, 0.05) is 38.9 Å². The van der Waals surface area contributed by atoms with Crippen LogP contribution in [-0.2, 0) is 14.3 Å². The molecule has 1 fully saturated rings. The molecule has 0 spiro atoms. The van der Waals surface area contributed by atoms with Crippen molar-refractivity contribution in [2.24, 2.45) is 0 Å². The fraction of sp³-hybridized carbons (Fsp3) is 0.333. The lowest BCUT2D eigenvalue weighted by molar-refractivity contribution is -0.142. The summed E-state index contributed by atoms with van der Waals surface area (Å²) in [5.74, 6) is 0.570. The van der Waals surface area contributed by atoms with Gasteiger partial charge in [0.1, 0.15) is 12.4 Å². The fourth-order valence-electron chi connectivity index (χ4n) is 3.10. The Bertz CT molecular complexity index is 771. The minimum Gasteiger partial charge on any atom is -0.483 e. The van der Waals surface area contributed by atoms with Crippen LogP contribution < -0.4 is 4.74 Å². The molecule has 6 heteroatoms. The van der Waals surface area contributed by atoms with E-state index >= 15 is 0 Å². The lowest BCUT2D eigenvalue weighted by atomic mass is 10.1. The third kappa shape index (κ3) is 4.86. The second-order valence-electron chi connectivity index (χ2n) is 6.35. The van der Waals surface area contributed by atoms with Crippen LogP contribution in [0.1, 0.15) is 0 Å². The van der Waals surface area contributed by atoms with Crippen molar-refractivity contribution in [3.63, 3.8) is 0 Å². The molecular formula is C21H24N2O4. The number of nitrogens with zero attached hydrogens (tertiary/aromatic N) is 2. The number of rotatable bonds is 6. The van der Waals surface area contributed by atoms with Crippen molar-refractivity contribution < 1.29 is 19.1 Å². The highest BCUT2D eigenvalue weighted by Crippen LogP contribution is 2.29. The van der Waals surface area contributed by atoms with Gasteiger partial charge in [-0.1, -0.05) is 48.5 Å². The van der Waals surface area contributed by atoms with Crippen LogP contribution in [0.15, 0.2) is 54.6 Å². The first-order chi connectivity index (χ1) is 13.2. The molecule has 1 aliphatic heterocycles. The number of carbonyl (C=O) groups excluding carboxylic acids is 2. The lowest BCUT2D eigenvalue weighted by Gasteiger charge is -2.34. The Morgan fingerprint density at radius 3 is 2.00 bits per heavy atom. The number of ether oxygens (including phenoxy) is 2. The zero-order valence-electron chi connectivity index (χ0n) is 15.5. The van der Waals surface area contributed by atoms with E-state index in [1.165, 1.54) is 7.11 Å². The number of amides is 2. The van der Waals surface area contributed by atoms with E-state index in [0.29, 0.717) is 31.9 Å². The molecule has 0 aromatic heterocycles. The Morgan fingerprint density at radius 2 is 1.37 bits per heavy atom. The molecule has 1 aliphatic rings. The van der Waals surface area contributed by atoms with Gasteiger partial charge in [-0.3, -0.25) is 9.59 Å². The highest BCUT2D eigenvalue weighted by atomic mass is 16.5. The molecule has 3 rings (SSSR count). The highest BCUT2D eigenvalue weighted by molar-refractivity contribution is 5.80. The third-order valence-electron chi connectivity index (χ3n) is 4.58. The van der Waals surface area contributed by atoms with Crippen LogP contribution in [0.2, 0.25) is 0 Å². The first kappa shape index (κ1) is 18.9. The molecule has 0 radical (unpaired) electrons. The van der Waals surface area contributed by atoms with Gasteiger partial charge in [-0.25, -0.2) is 0 Å². The van der Waals surface area contributed by atoms with Crippen LogP contribution in [0.3, 0.4) is 0 Å². The normalized spacial score (nSPS) is 14.1. The van der Waals surface area contributed by atoms with Crippen molar-refractivity contribution in [3.05, 3.63) is 54.6 Å². The molecule has 1 heterocycles. The van der Waals surface area contributed by atoms with Gasteiger partial charge in [0.05, 0.1) is 0 Å². The SMILES string of the molecule is COCC(=O)N1CCN(C(=O)COc2ccccc2-c2ccccc2)CC1. The van der Waals surface area contributed by atoms with Crippen LogP contribution >= 0.6 is 0 Å². The predicted octanol–water partition coefficient (Wildman–Crippen LogP) is 2.05. The molecule has 0 saturated carbocycles. The largest absolute Gasteiger partial charge is 0.483 e. The summed E-state index contributed by atoms with van der Waals surface area (Å²) in [6.45, 7) is 2.13. The van der Waals surface area contributed by atoms with Crippen LogP contribution in [0.4, 0.5) is 0 Å². The second-order valence-corrected chi connectivity index (χ2v) is 6.35. The van der Waals surface area contributed by atoms with E-state index in [9.17, 15) is 9.59 Å². The number of methoxy groups -OCH3 is 1. The van der Waals surface area contributed by atoms with Gasteiger partial charge in [0.2, 0.25) is 5.91 Å². The summed E-state index contributed by atoms with van der Waals surface area (Å²) in [5, 5.41) is 0. The molecular weight excluding hydrogens is 344 g/mol. The van der Waals surface area contributed by atoms with Crippen molar-refractivity contribution in [3.8, 4) is 16.9 Å². The van der Waals surface area contributed by atoms with Gasteiger partial charge in [-0.2, -0.15) is 0 Å². The molecule has 142 valence electrons. The minimum absolute atomic E-state index is 0.0180. The summed E-state index contributed by atoms with van der Waals surface area (Å²) in [5.41, 5.74) is 2.01. The maximum Gasteiger partial charge on any atom is 0.260 e. The molecule has 2 amide bonds. The van der Waals surface area contributed by atoms with Gasteiger partial charge in [0.25, 0.3) is 5.91 Å². The molecule has 0 unspecified atom stereocenters. The zero-order valence-corrected chi connectivity index (χ0v) is 15.5. The van der Waals surface area contributed by atoms with E-state index < -0.39 is 0 Å². The second kappa shape index (κ2) is 9.19. The van der Waals surface area contributed by atoms with Crippen LogP contribution in [0, 0.1) is 0 Å². The topological polar surface area (TPSA) is 59.1 Å². The Hall–Kier alpha value is -2.86. The third-order valence-corrected chi connectivity index (χ3v) is 4.58. The number of hydrogen-bond donors (Lipinski definition) is 0. The van der Waals surface area contributed by atoms with Crippen molar-refractivity contribution in [1.82, 2.24) is 9.80 Å². The summed E-state index contributed by atoms with van der Waals surface area (Å²) in [4.78, 5) is 27.8. The van der Waals surface area contributed by atoms with Crippen LogP contribution in [0.25, 0.3) is 11.1 Å². The van der Waals surface area contributed by atoms with Gasteiger partial charge in [0.15, 0.2) is 6.61 Å². The molecule has 0 aliphatic carbocycles. The van der Waals surface area contributed by atoms with Crippen molar-refractivity contribution in [1.29, 1.82) is 0 Å². The van der Waals surface area contributed by atoms with Crippen molar-refractivity contribution >= 4 is 11.8 Å². The molecule has 2 aromatic carbocycles. The van der Waals surface area contributed by atoms with Crippen molar-refractivity contribution in [2.75, 3.05) is 46.5 Å². The van der Waals surface area contributed by atoms with Gasteiger partial charge < -0.3 is 19.3 Å². The first-order valence-corrected chi connectivity index (χ1v) is 9.01. The van der Waals surface area contributed by atoms with E-state index in [0.717, 1.165) is 11.1 Å². The number of carbonyl (C=O) groups is 2. The molecule has 2 aromatic rings. The number of piperazine rings is 1. The number of benzene rings is 2. The van der Waals surface area contributed by atoms with Gasteiger partial charge >= 0.3 is 0 Å².